The summed E-state index contributed by atoms with van der Waals surface area (Å²) in [5.41, 5.74) is 1.64. The first-order valence-corrected chi connectivity index (χ1v) is 10.4. The van der Waals surface area contributed by atoms with Crippen molar-refractivity contribution in [1.82, 2.24) is 0 Å². The van der Waals surface area contributed by atoms with Crippen molar-refractivity contribution in [3.05, 3.63) is 51.5 Å². The summed E-state index contributed by atoms with van der Waals surface area (Å²) < 4.78 is 5.46. The van der Waals surface area contributed by atoms with E-state index >= 15 is 0 Å². The van der Waals surface area contributed by atoms with E-state index in [1.807, 2.05) is 18.2 Å². The van der Waals surface area contributed by atoms with Crippen LogP contribution in [0.25, 0.3) is 0 Å². The zero-order valence-electron chi connectivity index (χ0n) is 16.4. The lowest BCUT2D eigenvalue weighted by atomic mass is 10.0. The van der Waals surface area contributed by atoms with Crippen molar-refractivity contribution in [2.24, 2.45) is 0 Å². The average Bonchev–Trinajstić information content (AvgIpc) is 2.68. The molecule has 4 nitrogen and oxygen atoms in total. The predicted molar refractivity (Wildman–Crippen MR) is 116 cm³/mol. The molecule has 2 rings (SSSR count). The Balaban J connectivity index is 1.97. The highest BCUT2D eigenvalue weighted by atomic mass is 35.5. The highest BCUT2D eigenvalue weighted by molar-refractivity contribution is 6.37. The van der Waals surface area contributed by atoms with Gasteiger partial charge in [0.05, 0.1) is 10.7 Å². The number of rotatable bonds is 9. The molecule has 0 aliphatic carbocycles. The van der Waals surface area contributed by atoms with Crippen LogP contribution in [0.4, 0.5) is 10.5 Å². The fourth-order valence-electron chi connectivity index (χ4n) is 2.94. The van der Waals surface area contributed by atoms with Crippen LogP contribution in [-0.4, -0.2) is 11.2 Å². The maximum Gasteiger partial charge on any atom is 0.417 e. The van der Waals surface area contributed by atoms with E-state index in [1.54, 1.807) is 13.0 Å². The van der Waals surface area contributed by atoms with E-state index in [0.717, 1.165) is 24.8 Å². The van der Waals surface area contributed by atoms with Crippen molar-refractivity contribution in [2.45, 2.75) is 58.8 Å². The van der Waals surface area contributed by atoms with Crippen LogP contribution in [0.2, 0.25) is 10.0 Å². The minimum absolute atomic E-state index is 0.103. The Kier molecular flexibility index (Phi) is 8.94. The summed E-state index contributed by atoms with van der Waals surface area (Å²) in [6, 6.07) is 8.93. The molecule has 0 spiro atoms. The number of hydrogen-bond donors (Lipinski definition) is 2. The molecule has 0 atom stereocenters. The van der Waals surface area contributed by atoms with Gasteiger partial charge in [0.25, 0.3) is 0 Å². The second-order valence-corrected chi connectivity index (χ2v) is 7.62. The third-order valence-corrected chi connectivity index (χ3v) is 5.49. The summed E-state index contributed by atoms with van der Waals surface area (Å²) in [5.74, 6) is 0.276. The maximum absolute atomic E-state index is 12.3. The number of phenols is 1. The number of carbonyl (C=O) groups is 1. The maximum atomic E-state index is 12.3. The molecule has 0 aliphatic rings. The number of para-hydroxylation sites is 1. The van der Waals surface area contributed by atoms with E-state index in [1.165, 1.54) is 31.7 Å². The van der Waals surface area contributed by atoms with Crippen LogP contribution in [0.15, 0.2) is 30.3 Å². The van der Waals surface area contributed by atoms with Crippen molar-refractivity contribution < 1.29 is 14.6 Å². The first kappa shape index (κ1) is 22.4. The lowest BCUT2D eigenvalue weighted by Crippen LogP contribution is -2.17. The summed E-state index contributed by atoms with van der Waals surface area (Å²) in [7, 11) is 0. The molecule has 1 amide bonds. The van der Waals surface area contributed by atoms with Crippen LogP contribution >= 0.6 is 23.2 Å². The minimum Gasteiger partial charge on any atom is -0.504 e. The Bertz CT molecular complexity index is 809. The fraction of sp³-hybridized carbons (Fsp3) is 0.409. The Morgan fingerprint density at radius 1 is 1.11 bits per heavy atom. The van der Waals surface area contributed by atoms with Crippen molar-refractivity contribution in [3.8, 4) is 11.5 Å². The Hall–Kier alpha value is -1.91. The molecule has 2 aromatic rings. The zero-order chi connectivity index (χ0) is 20.5. The summed E-state index contributed by atoms with van der Waals surface area (Å²) in [5, 5.41) is 13.1. The molecule has 6 heteroatoms. The number of ether oxygens (including phenoxy) is 1. The largest absolute Gasteiger partial charge is 0.504 e. The number of amides is 1. The van der Waals surface area contributed by atoms with E-state index in [4.69, 9.17) is 27.9 Å². The first-order chi connectivity index (χ1) is 13.4. The van der Waals surface area contributed by atoms with Gasteiger partial charge in [-0.3, -0.25) is 5.32 Å². The van der Waals surface area contributed by atoms with Gasteiger partial charge in [0.1, 0.15) is 5.75 Å². The monoisotopic (exact) mass is 423 g/mol. The average molecular weight is 424 g/mol. The predicted octanol–water partition coefficient (Wildman–Crippen LogP) is 7.52. The van der Waals surface area contributed by atoms with Crippen LogP contribution < -0.4 is 10.1 Å². The van der Waals surface area contributed by atoms with Crippen LogP contribution in [0.1, 0.15) is 56.6 Å². The highest BCUT2D eigenvalue weighted by Crippen LogP contribution is 2.38. The number of carbonyl (C=O) groups excluding carboxylic acids is 1. The van der Waals surface area contributed by atoms with Crippen molar-refractivity contribution in [2.75, 3.05) is 5.32 Å². The molecule has 0 bridgehead atoms. The molecule has 0 saturated carbocycles. The SMILES string of the molecule is CCCCCCCCc1ccccc1OC(=O)Nc1cc(Cl)c(C)c(Cl)c1O. The molecule has 2 aromatic carbocycles. The molecular weight excluding hydrogens is 397 g/mol. The number of nitrogens with one attached hydrogen (secondary N) is 1. The zero-order valence-corrected chi connectivity index (χ0v) is 17.9. The summed E-state index contributed by atoms with van der Waals surface area (Å²) in [6.45, 7) is 3.89. The molecule has 2 N–H and O–H groups in total. The second kappa shape index (κ2) is 11.2. The van der Waals surface area contributed by atoms with Gasteiger partial charge < -0.3 is 9.84 Å². The van der Waals surface area contributed by atoms with Gasteiger partial charge in [-0.2, -0.15) is 0 Å². The third-order valence-electron chi connectivity index (χ3n) is 4.63. The molecule has 0 unspecified atom stereocenters. The Morgan fingerprint density at radius 3 is 2.54 bits per heavy atom. The van der Waals surface area contributed by atoms with Crippen molar-refractivity contribution >= 4 is 35.0 Å². The topological polar surface area (TPSA) is 58.6 Å². The quantitative estimate of drug-likeness (QED) is 0.323. The van der Waals surface area contributed by atoms with Crippen molar-refractivity contribution in [3.63, 3.8) is 0 Å². The first-order valence-electron chi connectivity index (χ1n) is 9.68. The summed E-state index contributed by atoms with van der Waals surface area (Å²) >= 11 is 12.1. The normalized spacial score (nSPS) is 10.7. The molecule has 0 fully saturated rings. The molecule has 28 heavy (non-hydrogen) atoms. The lowest BCUT2D eigenvalue weighted by Gasteiger charge is -2.13. The van der Waals surface area contributed by atoms with Gasteiger partial charge in [-0.15, -0.1) is 0 Å². The Morgan fingerprint density at radius 2 is 1.79 bits per heavy atom. The van der Waals surface area contributed by atoms with Gasteiger partial charge in [-0.25, -0.2) is 4.79 Å². The van der Waals surface area contributed by atoms with Gasteiger partial charge in [0.2, 0.25) is 0 Å². The number of aromatic hydroxyl groups is 1. The number of aryl methyl sites for hydroxylation is 1. The number of halogens is 2. The number of benzene rings is 2. The second-order valence-electron chi connectivity index (χ2n) is 6.83. The van der Waals surface area contributed by atoms with Gasteiger partial charge in [0.15, 0.2) is 5.75 Å². The molecular formula is C22H27Cl2NO3. The number of unbranched alkanes of at least 4 members (excludes halogenated alkanes) is 5. The fourth-order valence-corrected chi connectivity index (χ4v) is 3.40. The molecule has 0 aliphatic heterocycles. The minimum atomic E-state index is -0.707. The van der Waals surface area contributed by atoms with Crippen molar-refractivity contribution in [1.29, 1.82) is 0 Å². The van der Waals surface area contributed by atoms with Crippen LogP contribution in [0, 0.1) is 6.92 Å². The lowest BCUT2D eigenvalue weighted by molar-refractivity contribution is 0.214. The summed E-state index contributed by atoms with van der Waals surface area (Å²) in [6.07, 6.45) is 7.36. The van der Waals surface area contributed by atoms with E-state index in [-0.39, 0.29) is 16.5 Å². The molecule has 0 heterocycles. The van der Waals surface area contributed by atoms with E-state index in [2.05, 4.69) is 12.2 Å². The van der Waals surface area contributed by atoms with Crippen LogP contribution in [0.5, 0.6) is 11.5 Å². The number of hydrogen-bond acceptors (Lipinski definition) is 3. The highest BCUT2D eigenvalue weighted by Gasteiger charge is 2.16. The van der Waals surface area contributed by atoms with E-state index < -0.39 is 6.09 Å². The smallest absolute Gasteiger partial charge is 0.417 e. The van der Waals surface area contributed by atoms with Crippen LogP contribution in [0.3, 0.4) is 0 Å². The summed E-state index contributed by atoms with van der Waals surface area (Å²) in [4.78, 5) is 12.3. The van der Waals surface area contributed by atoms with Gasteiger partial charge in [-0.1, -0.05) is 80.4 Å². The molecule has 0 aromatic heterocycles. The number of anilines is 1. The third kappa shape index (κ3) is 6.32. The molecule has 0 saturated heterocycles. The molecule has 152 valence electrons. The van der Waals surface area contributed by atoms with Crippen LogP contribution in [-0.2, 0) is 6.42 Å². The van der Waals surface area contributed by atoms with Gasteiger partial charge in [0, 0.05) is 5.02 Å². The number of phenolic OH excluding ortho intramolecular Hbond substituents is 1. The van der Waals surface area contributed by atoms with Gasteiger partial charge in [-0.05, 0) is 43.0 Å². The van der Waals surface area contributed by atoms with E-state index in [9.17, 15) is 9.90 Å². The standard InChI is InChI=1S/C22H27Cl2NO3/c1-3-4-5-6-7-8-11-16-12-9-10-13-19(16)28-22(27)25-18-14-17(23)15(2)20(24)21(18)26/h9-10,12-14,26H,3-8,11H2,1-2H3,(H,25,27). The molecule has 0 radical (unpaired) electrons. The van der Waals surface area contributed by atoms with Gasteiger partial charge >= 0.3 is 6.09 Å². The Labute approximate surface area is 176 Å². The van der Waals surface area contributed by atoms with E-state index in [0.29, 0.717) is 16.3 Å².